The summed E-state index contributed by atoms with van der Waals surface area (Å²) in [6.45, 7) is 0.639. The van der Waals surface area contributed by atoms with E-state index in [-0.39, 0.29) is 0 Å². The number of hydrogen-bond donors (Lipinski definition) is 0. The van der Waals surface area contributed by atoms with Crippen molar-refractivity contribution in [1.82, 2.24) is 4.98 Å². The fourth-order valence-corrected chi connectivity index (χ4v) is 1.53. The SMILES string of the molecule is Clc1cccc(C=NCc2cccnc2)c1. The molecule has 16 heavy (non-hydrogen) atoms. The van der Waals surface area contributed by atoms with E-state index in [1.165, 1.54) is 0 Å². The molecule has 0 aliphatic carbocycles. The summed E-state index contributed by atoms with van der Waals surface area (Å²) < 4.78 is 0. The smallest absolute Gasteiger partial charge is 0.0654 e. The van der Waals surface area contributed by atoms with Gasteiger partial charge in [-0.3, -0.25) is 9.98 Å². The summed E-state index contributed by atoms with van der Waals surface area (Å²) in [6.07, 6.45) is 5.39. The Morgan fingerprint density at radius 2 is 2.19 bits per heavy atom. The predicted molar refractivity (Wildman–Crippen MR) is 67.0 cm³/mol. The summed E-state index contributed by atoms with van der Waals surface area (Å²) in [4.78, 5) is 8.36. The molecule has 0 N–H and O–H groups in total. The molecule has 0 aliphatic rings. The van der Waals surface area contributed by atoms with Gasteiger partial charge in [0.1, 0.15) is 0 Å². The van der Waals surface area contributed by atoms with Gasteiger partial charge in [-0.25, -0.2) is 0 Å². The Morgan fingerprint density at radius 3 is 2.94 bits per heavy atom. The second-order valence-electron chi connectivity index (χ2n) is 3.39. The van der Waals surface area contributed by atoms with Crippen molar-refractivity contribution in [2.75, 3.05) is 0 Å². The molecule has 1 aromatic heterocycles. The molecule has 0 saturated carbocycles. The maximum Gasteiger partial charge on any atom is 0.0654 e. The van der Waals surface area contributed by atoms with Gasteiger partial charge in [-0.05, 0) is 29.3 Å². The Hall–Kier alpha value is -1.67. The third kappa shape index (κ3) is 3.17. The van der Waals surface area contributed by atoms with Crippen LogP contribution in [-0.4, -0.2) is 11.2 Å². The van der Waals surface area contributed by atoms with Gasteiger partial charge in [-0.1, -0.05) is 29.8 Å². The molecule has 0 atom stereocenters. The molecule has 1 aromatic carbocycles. The van der Waals surface area contributed by atoms with E-state index in [0.717, 1.165) is 16.1 Å². The first-order valence-electron chi connectivity index (χ1n) is 4.99. The van der Waals surface area contributed by atoms with Crippen molar-refractivity contribution < 1.29 is 0 Å². The van der Waals surface area contributed by atoms with Crippen LogP contribution >= 0.6 is 11.6 Å². The van der Waals surface area contributed by atoms with Crippen LogP contribution in [0.15, 0.2) is 53.8 Å². The van der Waals surface area contributed by atoms with Gasteiger partial charge >= 0.3 is 0 Å². The molecule has 0 unspecified atom stereocenters. The molecule has 0 aliphatic heterocycles. The molecule has 0 spiro atoms. The van der Waals surface area contributed by atoms with E-state index < -0.39 is 0 Å². The quantitative estimate of drug-likeness (QED) is 0.743. The Kier molecular flexibility index (Phi) is 3.67. The van der Waals surface area contributed by atoms with E-state index >= 15 is 0 Å². The van der Waals surface area contributed by atoms with E-state index in [1.54, 1.807) is 6.20 Å². The Labute approximate surface area is 99.6 Å². The number of benzene rings is 1. The van der Waals surface area contributed by atoms with Crippen molar-refractivity contribution in [3.8, 4) is 0 Å². The van der Waals surface area contributed by atoms with Crippen LogP contribution in [0.3, 0.4) is 0 Å². The minimum absolute atomic E-state index is 0.639. The van der Waals surface area contributed by atoms with Gasteiger partial charge in [0.05, 0.1) is 6.54 Å². The fourth-order valence-electron chi connectivity index (χ4n) is 1.34. The lowest BCUT2D eigenvalue weighted by Gasteiger charge is -1.95. The number of aromatic nitrogens is 1. The van der Waals surface area contributed by atoms with Crippen molar-refractivity contribution >= 4 is 17.8 Å². The van der Waals surface area contributed by atoms with Crippen LogP contribution in [0.4, 0.5) is 0 Å². The van der Waals surface area contributed by atoms with Gasteiger partial charge in [-0.2, -0.15) is 0 Å². The van der Waals surface area contributed by atoms with Gasteiger partial charge in [0.25, 0.3) is 0 Å². The van der Waals surface area contributed by atoms with E-state index in [4.69, 9.17) is 11.6 Å². The maximum atomic E-state index is 5.87. The van der Waals surface area contributed by atoms with Gasteiger partial charge in [0, 0.05) is 23.6 Å². The second-order valence-corrected chi connectivity index (χ2v) is 3.82. The highest BCUT2D eigenvalue weighted by Crippen LogP contribution is 2.09. The van der Waals surface area contributed by atoms with E-state index in [1.807, 2.05) is 48.8 Å². The van der Waals surface area contributed by atoms with Crippen molar-refractivity contribution in [1.29, 1.82) is 0 Å². The molecular formula is C13H11ClN2. The van der Waals surface area contributed by atoms with Gasteiger partial charge in [0.15, 0.2) is 0 Å². The lowest BCUT2D eigenvalue weighted by molar-refractivity contribution is 1.05. The van der Waals surface area contributed by atoms with Crippen LogP contribution in [0, 0.1) is 0 Å². The normalized spacial score (nSPS) is 10.8. The average molecular weight is 231 g/mol. The van der Waals surface area contributed by atoms with E-state index in [2.05, 4.69) is 9.98 Å². The number of aliphatic imine (C=N–C) groups is 1. The molecule has 3 heteroatoms. The van der Waals surface area contributed by atoms with Gasteiger partial charge in [0.2, 0.25) is 0 Å². The highest BCUT2D eigenvalue weighted by Gasteiger charge is 1.90. The summed E-state index contributed by atoms with van der Waals surface area (Å²) in [5.41, 5.74) is 2.11. The van der Waals surface area contributed by atoms with Crippen molar-refractivity contribution in [2.45, 2.75) is 6.54 Å². The molecule has 2 rings (SSSR count). The van der Waals surface area contributed by atoms with E-state index in [0.29, 0.717) is 6.54 Å². The second kappa shape index (κ2) is 5.42. The zero-order chi connectivity index (χ0) is 11.2. The first-order valence-corrected chi connectivity index (χ1v) is 5.37. The summed E-state index contributed by atoms with van der Waals surface area (Å²) in [5.74, 6) is 0. The molecule has 2 aromatic rings. The number of rotatable bonds is 3. The fraction of sp³-hybridized carbons (Fsp3) is 0.0769. The lowest BCUT2D eigenvalue weighted by atomic mass is 10.2. The minimum Gasteiger partial charge on any atom is -0.288 e. The van der Waals surface area contributed by atoms with E-state index in [9.17, 15) is 0 Å². The van der Waals surface area contributed by atoms with Crippen LogP contribution in [0.2, 0.25) is 5.02 Å². The predicted octanol–water partition coefficient (Wildman–Crippen LogP) is 3.35. The van der Waals surface area contributed by atoms with Crippen LogP contribution in [0.1, 0.15) is 11.1 Å². The molecule has 0 saturated heterocycles. The highest BCUT2D eigenvalue weighted by atomic mass is 35.5. The summed E-state index contributed by atoms with van der Waals surface area (Å²) in [5, 5.41) is 0.727. The third-order valence-electron chi connectivity index (χ3n) is 2.09. The lowest BCUT2D eigenvalue weighted by Crippen LogP contribution is -1.85. The van der Waals surface area contributed by atoms with Crippen LogP contribution in [0.25, 0.3) is 0 Å². The van der Waals surface area contributed by atoms with Crippen molar-refractivity contribution in [2.24, 2.45) is 4.99 Å². The van der Waals surface area contributed by atoms with Crippen LogP contribution in [-0.2, 0) is 6.54 Å². The maximum absolute atomic E-state index is 5.87. The molecule has 80 valence electrons. The van der Waals surface area contributed by atoms with Gasteiger partial charge in [-0.15, -0.1) is 0 Å². The topological polar surface area (TPSA) is 25.2 Å². The number of nitrogens with zero attached hydrogens (tertiary/aromatic N) is 2. The van der Waals surface area contributed by atoms with Crippen LogP contribution < -0.4 is 0 Å². The van der Waals surface area contributed by atoms with Crippen LogP contribution in [0.5, 0.6) is 0 Å². The molecule has 2 nitrogen and oxygen atoms in total. The van der Waals surface area contributed by atoms with Gasteiger partial charge < -0.3 is 0 Å². The Bertz CT molecular complexity index is 480. The molecule has 0 bridgehead atoms. The molecule has 0 radical (unpaired) electrons. The first kappa shape index (κ1) is 10.8. The number of hydrogen-bond acceptors (Lipinski definition) is 2. The summed E-state index contributed by atoms with van der Waals surface area (Å²) in [7, 11) is 0. The molecule has 0 amide bonds. The zero-order valence-corrected chi connectivity index (χ0v) is 9.43. The molecular weight excluding hydrogens is 220 g/mol. The Morgan fingerprint density at radius 1 is 1.25 bits per heavy atom. The average Bonchev–Trinajstić information content (AvgIpc) is 2.30. The number of halogens is 1. The van der Waals surface area contributed by atoms with Crippen molar-refractivity contribution in [3.63, 3.8) is 0 Å². The summed E-state index contributed by atoms with van der Waals surface area (Å²) in [6, 6.07) is 11.5. The van der Waals surface area contributed by atoms with Crippen molar-refractivity contribution in [3.05, 3.63) is 64.9 Å². The molecule has 1 heterocycles. The minimum atomic E-state index is 0.639. The Balaban J connectivity index is 2.00. The zero-order valence-electron chi connectivity index (χ0n) is 8.68. The molecule has 0 fully saturated rings. The highest BCUT2D eigenvalue weighted by molar-refractivity contribution is 6.30. The largest absolute Gasteiger partial charge is 0.288 e. The third-order valence-corrected chi connectivity index (χ3v) is 2.32. The first-order chi connectivity index (χ1) is 7.84. The monoisotopic (exact) mass is 230 g/mol. The number of pyridine rings is 1. The summed E-state index contributed by atoms with van der Waals surface area (Å²) >= 11 is 5.87. The standard InChI is InChI=1S/C13H11ClN2/c14-13-5-1-3-11(7-13)8-16-10-12-4-2-6-15-9-12/h1-9H,10H2.